The fourth-order valence-corrected chi connectivity index (χ4v) is 4.40. The van der Waals surface area contributed by atoms with E-state index in [1.807, 2.05) is 0 Å². The van der Waals surface area contributed by atoms with E-state index in [-0.39, 0.29) is 11.6 Å². The van der Waals surface area contributed by atoms with E-state index in [1.54, 1.807) is 6.20 Å². The average Bonchev–Trinajstić information content (AvgIpc) is 3.12. The number of carbonyl (C=O) groups is 1. The van der Waals surface area contributed by atoms with Crippen LogP contribution < -0.4 is 10.2 Å². The van der Waals surface area contributed by atoms with E-state index in [9.17, 15) is 9.90 Å². The summed E-state index contributed by atoms with van der Waals surface area (Å²) in [5.41, 5.74) is 7.07. The van der Waals surface area contributed by atoms with E-state index in [1.165, 1.54) is 34.6 Å². The summed E-state index contributed by atoms with van der Waals surface area (Å²) >= 11 is 0. The molecule has 3 aromatic rings. The molecule has 166 valence electrons. The Kier molecular flexibility index (Phi) is 6.42. The number of hydrogen-bond donors (Lipinski definition) is 2. The van der Waals surface area contributed by atoms with Gasteiger partial charge in [-0.1, -0.05) is 31.5 Å². The lowest BCUT2D eigenvalue weighted by atomic mass is 10.0. The summed E-state index contributed by atoms with van der Waals surface area (Å²) in [5.74, 6) is -0.953. The minimum atomic E-state index is -0.953. The van der Waals surface area contributed by atoms with E-state index < -0.39 is 5.97 Å². The summed E-state index contributed by atoms with van der Waals surface area (Å²) in [4.78, 5) is 20.0. The largest absolute Gasteiger partial charge is 0.478 e. The van der Waals surface area contributed by atoms with Gasteiger partial charge in [-0.15, -0.1) is 0 Å². The molecule has 0 bridgehead atoms. The van der Waals surface area contributed by atoms with Gasteiger partial charge in [0.05, 0.1) is 23.5 Å². The van der Waals surface area contributed by atoms with Gasteiger partial charge in [0.15, 0.2) is 0 Å². The molecule has 0 spiro atoms. The summed E-state index contributed by atoms with van der Waals surface area (Å²) in [6.45, 7) is 3.67. The molecule has 0 radical (unpaired) electrons. The molecule has 1 aromatic heterocycles. The maximum absolute atomic E-state index is 11.5. The molecule has 0 amide bonds. The monoisotopic (exact) mass is 430 g/mol. The molecule has 1 aliphatic rings. The van der Waals surface area contributed by atoms with Crippen LogP contribution in [0.1, 0.15) is 46.4 Å². The van der Waals surface area contributed by atoms with E-state index in [0.29, 0.717) is 12.2 Å². The number of aromatic carboxylic acids is 1. The second kappa shape index (κ2) is 9.40. The molecule has 2 N–H and O–H groups in total. The van der Waals surface area contributed by atoms with Crippen LogP contribution >= 0.6 is 0 Å². The summed E-state index contributed by atoms with van der Waals surface area (Å²) in [6.07, 6.45) is 5.34. The number of fused-ring (bicyclic) bond motifs is 1. The number of pyridine rings is 1. The van der Waals surface area contributed by atoms with Crippen molar-refractivity contribution in [3.63, 3.8) is 0 Å². The second-order valence-corrected chi connectivity index (χ2v) is 8.40. The number of nitrogens with one attached hydrogen (secondary N) is 1. The lowest BCUT2D eigenvalue weighted by Crippen LogP contribution is -2.24. The number of benzene rings is 2. The van der Waals surface area contributed by atoms with Crippen molar-refractivity contribution >= 4 is 23.0 Å². The van der Waals surface area contributed by atoms with Crippen molar-refractivity contribution in [3.05, 3.63) is 83.2 Å². The minimum Gasteiger partial charge on any atom is -0.478 e. The topological polar surface area (TPSA) is 68.7 Å². The Hall–Kier alpha value is -3.38. The second-order valence-electron chi connectivity index (χ2n) is 8.40. The smallest absolute Gasteiger partial charge is 0.337 e. The van der Waals surface area contributed by atoms with Crippen LogP contribution in [0, 0.1) is 0 Å². The fourth-order valence-electron chi connectivity index (χ4n) is 4.40. The first-order valence-corrected chi connectivity index (χ1v) is 11.0. The number of carboxylic acid groups (broad SMARTS) is 1. The summed E-state index contributed by atoms with van der Waals surface area (Å²) in [7, 11) is 4.20. The molecule has 6 nitrogen and oxygen atoms in total. The molecule has 32 heavy (non-hydrogen) atoms. The van der Waals surface area contributed by atoms with Gasteiger partial charge in [-0.2, -0.15) is 0 Å². The first-order valence-electron chi connectivity index (χ1n) is 11.0. The van der Waals surface area contributed by atoms with Gasteiger partial charge < -0.3 is 15.3 Å². The first kappa shape index (κ1) is 21.8. The molecule has 2 heterocycles. The molecule has 0 saturated carbocycles. The number of aryl methyl sites for hydroxylation is 1. The Bertz CT molecular complexity index is 1100. The summed E-state index contributed by atoms with van der Waals surface area (Å²) < 4.78 is 0. The van der Waals surface area contributed by atoms with Crippen molar-refractivity contribution in [2.75, 3.05) is 30.9 Å². The third-order valence-electron chi connectivity index (χ3n) is 6.22. The van der Waals surface area contributed by atoms with Crippen LogP contribution in [-0.2, 0) is 13.0 Å². The Balaban J connectivity index is 1.50. The molecular formula is C26H30N4O2. The number of rotatable bonds is 8. The van der Waals surface area contributed by atoms with Gasteiger partial charge in [-0.25, -0.2) is 4.79 Å². The number of nitrogens with zero attached hydrogens (tertiary/aromatic N) is 3. The van der Waals surface area contributed by atoms with Crippen molar-refractivity contribution < 1.29 is 9.90 Å². The highest BCUT2D eigenvalue weighted by Gasteiger charge is 2.28. The molecule has 0 saturated heterocycles. The lowest BCUT2D eigenvalue weighted by Gasteiger charge is -2.22. The molecule has 6 heteroatoms. The molecule has 2 aromatic carbocycles. The van der Waals surface area contributed by atoms with Crippen LogP contribution in [-0.4, -0.2) is 41.6 Å². The molecule has 1 unspecified atom stereocenters. The quantitative estimate of drug-likeness (QED) is 0.518. The maximum atomic E-state index is 11.5. The van der Waals surface area contributed by atoms with Gasteiger partial charge >= 0.3 is 5.97 Å². The number of aromatic nitrogens is 1. The van der Waals surface area contributed by atoms with E-state index in [0.717, 1.165) is 25.1 Å². The predicted molar refractivity (Wildman–Crippen MR) is 129 cm³/mol. The van der Waals surface area contributed by atoms with E-state index in [4.69, 9.17) is 0 Å². The number of anilines is 3. The molecule has 1 aliphatic heterocycles. The number of carboxylic acids is 1. The summed E-state index contributed by atoms with van der Waals surface area (Å²) in [5, 5.41) is 12.7. The Labute approximate surface area is 189 Å². The summed E-state index contributed by atoms with van der Waals surface area (Å²) in [6, 6.07) is 17.1. The minimum absolute atomic E-state index is 0.166. The van der Waals surface area contributed by atoms with Crippen LogP contribution in [0.15, 0.2) is 60.9 Å². The van der Waals surface area contributed by atoms with Crippen molar-refractivity contribution in [2.45, 2.75) is 32.4 Å². The molecule has 4 rings (SSSR count). The molecular weight excluding hydrogens is 400 g/mol. The molecule has 0 fully saturated rings. The predicted octanol–water partition coefficient (Wildman–Crippen LogP) is 5.10. The van der Waals surface area contributed by atoms with Crippen LogP contribution in [0.25, 0.3) is 0 Å². The standard InChI is InChI=1S/C26H30N4O2/c1-4-5-18-6-8-20(9-7-18)30(3)21-10-11-22-19(14-21)17-29(2)25(22)16-28-24-15-27-13-12-23(24)26(31)32/h6-15,25,28H,4-5,16-17H2,1-3H3,(H,31,32). The van der Waals surface area contributed by atoms with Gasteiger partial charge in [0.1, 0.15) is 0 Å². The van der Waals surface area contributed by atoms with Crippen LogP contribution in [0.4, 0.5) is 17.1 Å². The van der Waals surface area contributed by atoms with Gasteiger partial charge in [0.2, 0.25) is 0 Å². The first-order chi connectivity index (χ1) is 15.5. The Morgan fingerprint density at radius 1 is 1.19 bits per heavy atom. The van der Waals surface area contributed by atoms with Crippen molar-refractivity contribution in [1.29, 1.82) is 0 Å². The normalized spacial score (nSPS) is 15.4. The van der Waals surface area contributed by atoms with E-state index in [2.05, 4.69) is 83.6 Å². The Morgan fingerprint density at radius 3 is 2.66 bits per heavy atom. The average molecular weight is 431 g/mol. The molecule has 0 aliphatic carbocycles. The van der Waals surface area contributed by atoms with Gasteiger partial charge in [-0.05, 0) is 60.5 Å². The van der Waals surface area contributed by atoms with Crippen molar-refractivity contribution in [3.8, 4) is 0 Å². The SMILES string of the molecule is CCCc1ccc(N(C)c2ccc3c(c2)CN(C)C3CNc2cnccc2C(=O)O)cc1. The third-order valence-corrected chi connectivity index (χ3v) is 6.22. The van der Waals surface area contributed by atoms with Crippen molar-refractivity contribution in [2.24, 2.45) is 0 Å². The Morgan fingerprint density at radius 2 is 1.94 bits per heavy atom. The highest BCUT2D eigenvalue weighted by molar-refractivity contribution is 5.93. The van der Waals surface area contributed by atoms with Crippen LogP contribution in [0.2, 0.25) is 0 Å². The number of likely N-dealkylation sites (N-methyl/N-ethyl adjacent to an activating group) is 1. The highest BCUT2D eigenvalue weighted by atomic mass is 16.4. The highest BCUT2D eigenvalue weighted by Crippen LogP contribution is 2.36. The maximum Gasteiger partial charge on any atom is 0.337 e. The molecule has 1 atom stereocenters. The van der Waals surface area contributed by atoms with Gasteiger partial charge in [-0.3, -0.25) is 9.88 Å². The van der Waals surface area contributed by atoms with E-state index >= 15 is 0 Å². The van der Waals surface area contributed by atoms with Gasteiger partial charge in [0.25, 0.3) is 0 Å². The van der Waals surface area contributed by atoms with Crippen LogP contribution in [0.5, 0.6) is 0 Å². The zero-order valence-electron chi connectivity index (χ0n) is 18.9. The fraction of sp³-hybridized carbons (Fsp3) is 0.308. The zero-order chi connectivity index (χ0) is 22.7. The van der Waals surface area contributed by atoms with Crippen molar-refractivity contribution in [1.82, 2.24) is 9.88 Å². The lowest BCUT2D eigenvalue weighted by molar-refractivity contribution is 0.0697. The third kappa shape index (κ3) is 4.46. The number of hydrogen-bond acceptors (Lipinski definition) is 5. The van der Waals surface area contributed by atoms with Gasteiger partial charge in [0, 0.05) is 37.7 Å². The zero-order valence-corrected chi connectivity index (χ0v) is 18.9. The van der Waals surface area contributed by atoms with Crippen LogP contribution in [0.3, 0.4) is 0 Å².